The molecule has 0 spiro atoms. The second kappa shape index (κ2) is 7.15. The Kier molecular flexibility index (Phi) is 4.97. The maximum absolute atomic E-state index is 12.7. The summed E-state index contributed by atoms with van der Waals surface area (Å²) in [6.45, 7) is 5.50. The van der Waals surface area contributed by atoms with Gasteiger partial charge in [-0.3, -0.25) is 4.79 Å². The lowest BCUT2D eigenvalue weighted by Gasteiger charge is -2.37. The number of piperidine rings is 2. The third-order valence-electron chi connectivity index (χ3n) is 4.99. The van der Waals surface area contributed by atoms with Gasteiger partial charge < -0.3 is 14.9 Å². The minimum absolute atomic E-state index is 0.0527. The highest BCUT2D eigenvalue weighted by molar-refractivity contribution is 5.85. The third-order valence-corrected chi connectivity index (χ3v) is 4.99. The van der Waals surface area contributed by atoms with Crippen LogP contribution in [-0.2, 0) is 4.79 Å². The molecule has 7 heteroatoms. The first kappa shape index (κ1) is 16.7. The molecule has 0 saturated carbocycles. The highest BCUT2D eigenvalue weighted by Crippen LogP contribution is 2.25. The number of anilines is 1. The van der Waals surface area contributed by atoms with E-state index in [4.69, 9.17) is 5.11 Å². The Morgan fingerprint density at radius 1 is 1.12 bits per heavy atom. The zero-order valence-corrected chi connectivity index (χ0v) is 14.0. The van der Waals surface area contributed by atoms with E-state index in [1.807, 2.05) is 4.90 Å². The van der Waals surface area contributed by atoms with E-state index in [2.05, 4.69) is 21.8 Å². The zero-order valence-electron chi connectivity index (χ0n) is 14.0. The van der Waals surface area contributed by atoms with Gasteiger partial charge in [-0.2, -0.15) is 0 Å². The first-order valence-corrected chi connectivity index (χ1v) is 8.63. The summed E-state index contributed by atoms with van der Waals surface area (Å²) in [5.41, 5.74) is -0.0527. The van der Waals surface area contributed by atoms with E-state index in [1.54, 1.807) is 0 Å². The number of carbonyl (C=O) groups is 2. The van der Waals surface area contributed by atoms with Gasteiger partial charge in [0.1, 0.15) is 5.82 Å². The summed E-state index contributed by atoms with van der Waals surface area (Å²) < 4.78 is 0. The molecule has 1 aromatic heterocycles. The van der Waals surface area contributed by atoms with Crippen LogP contribution in [0.1, 0.15) is 43.1 Å². The van der Waals surface area contributed by atoms with Crippen LogP contribution < -0.4 is 4.90 Å². The number of carboxylic acid groups (broad SMARTS) is 1. The Balaban J connectivity index is 1.55. The summed E-state index contributed by atoms with van der Waals surface area (Å²) in [7, 11) is 0. The molecule has 130 valence electrons. The lowest BCUT2D eigenvalue weighted by atomic mass is 9.93. The topological polar surface area (TPSA) is 86.6 Å². The number of aromatic nitrogens is 2. The predicted molar refractivity (Wildman–Crippen MR) is 88.9 cm³/mol. The van der Waals surface area contributed by atoms with E-state index in [0.717, 1.165) is 45.4 Å². The molecule has 2 aliphatic rings. The van der Waals surface area contributed by atoms with E-state index in [1.165, 1.54) is 18.8 Å². The molecule has 3 heterocycles. The molecule has 0 radical (unpaired) electrons. The van der Waals surface area contributed by atoms with Gasteiger partial charge in [0.25, 0.3) is 0 Å². The second-order valence-electron chi connectivity index (χ2n) is 6.86. The van der Waals surface area contributed by atoms with Crippen LogP contribution in [-0.4, -0.2) is 58.0 Å². The maximum Gasteiger partial charge on any atom is 0.356 e. The highest BCUT2D eigenvalue weighted by atomic mass is 16.4. The van der Waals surface area contributed by atoms with E-state index >= 15 is 0 Å². The molecule has 1 atom stereocenters. The minimum Gasteiger partial charge on any atom is -0.476 e. The van der Waals surface area contributed by atoms with Crippen molar-refractivity contribution >= 4 is 17.7 Å². The first-order valence-electron chi connectivity index (χ1n) is 8.63. The van der Waals surface area contributed by atoms with Gasteiger partial charge in [0.15, 0.2) is 5.69 Å². The monoisotopic (exact) mass is 332 g/mol. The standard InChI is InChI=1S/C17H24N4O3/c1-12-3-2-6-21(11-12)16(22)13-4-7-20(8-5-13)15-10-18-14(9-19-15)17(23)24/h9-10,12-13H,2-8,11H2,1H3,(H,23,24). The van der Waals surface area contributed by atoms with Gasteiger partial charge in [-0.25, -0.2) is 14.8 Å². The van der Waals surface area contributed by atoms with Crippen LogP contribution in [0.25, 0.3) is 0 Å². The average Bonchev–Trinajstić information content (AvgIpc) is 2.61. The van der Waals surface area contributed by atoms with Crippen molar-refractivity contribution in [3.8, 4) is 0 Å². The van der Waals surface area contributed by atoms with Crippen LogP contribution in [0, 0.1) is 11.8 Å². The van der Waals surface area contributed by atoms with Crippen LogP contribution in [0.5, 0.6) is 0 Å². The summed E-state index contributed by atoms with van der Waals surface area (Å²) >= 11 is 0. The van der Waals surface area contributed by atoms with E-state index in [9.17, 15) is 9.59 Å². The number of nitrogens with zero attached hydrogens (tertiary/aromatic N) is 4. The lowest BCUT2D eigenvalue weighted by Crippen LogP contribution is -2.46. The van der Waals surface area contributed by atoms with Crippen molar-refractivity contribution < 1.29 is 14.7 Å². The molecular weight excluding hydrogens is 308 g/mol. The molecule has 1 unspecified atom stereocenters. The number of hydrogen-bond donors (Lipinski definition) is 1. The molecule has 3 rings (SSSR count). The molecule has 1 amide bonds. The first-order chi connectivity index (χ1) is 11.5. The average molecular weight is 332 g/mol. The number of rotatable bonds is 3. The maximum atomic E-state index is 12.7. The summed E-state index contributed by atoms with van der Waals surface area (Å²) in [5.74, 6) is 0.601. The normalized spacial score (nSPS) is 22.5. The van der Waals surface area contributed by atoms with Crippen LogP contribution in [0.2, 0.25) is 0 Å². The van der Waals surface area contributed by atoms with Gasteiger partial charge in [0.05, 0.1) is 12.4 Å². The van der Waals surface area contributed by atoms with Crippen LogP contribution in [0.15, 0.2) is 12.4 Å². The Hall–Kier alpha value is -2.18. The van der Waals surface area contributed by atoms with Crippen molar-refractivity contribution in [3.05, 3.63) is 18.1 Å². The highest BCUT2D eigenvalue weighted by Gasteiger charge is 2.30. The number of hydrogen-bond acceptors (Lipinski definition) is 5. The summed E-state index contributed by atoms with van der Waals surface area (Å²) in [4.78, 5) is 35.7. The summed E-state index contributed by atoms with van der Waals surface area (Å²) in [6, 6.07) is 0. The van der Waals surface area contributed by atoms with Crippen molar-refractivity contribution in [2.45, 2.75) is 32.6 Å². The fourth-order valence-electron chi connectivity index (χ4n) is 3.60. The summed E-state index contributed by atoms with van der Waals surface area (Å²) in [5, 5.41) is 8.87. The molecular formula is C17H24N4O3. The fourth-order valence-corrected chi connectivity index (χ4v) is 3.60. The van der Waals surface area contributed by atoms with Gasteiger partial charge in [-0.15, -0.1) is 0 Å². The van der Waals surface area contributed by atoms with Crippen molar-refractivity contribution in [1.29, 1.82) is 0 Å². The molecule has 7 nitrogen and oxygen atoms in total. The predicted octanol–water partition coefficient (Wildman–Crippen LogP) is 1.65. The minimum atomic E-state index is -1.07. The third kappa shape index (κ3) is 3.66. The Morgan fingerprint density at radius 2 is 1.88 bits per heavy atom. The zero-order chi connectivity index (χ0) is 17.1. The Bertz CT molecular complexity index is 596. The smallest absolute Gasteiger partial charge is 0.356 e. The van der Waals surface area contributed by atoms with Crippen molar-refractivity contribution in [3.63, 3.8) is 0 Å². The van der Waals surface area contributed by atoms with Crippen molar-refractivity contribution in [2.24, 2.45) is 11.8 Å². The van der Waals surface area contributed by atoms with E-state index in [0.29, 0.717) is 17.6 Å². The molecule has 1 N–H and O–H groups in total. The number of likely N-dealkylation sites (tertiary alicyclic amines) is 1. The summed E-state index contributed by atoms with van der Waals surface area (Å²) in [6.07, 6.45) is 6.73. The van der Waals surface area contributed by atoms with Gasteiger partial charge in [0, 0.05) is 32.1 Å². The van der Waals surface area contributed by atoms with Crippen molar-refractivity contribution in [1.82, 2.24) is 14.9 Å². The quantitative estimate of drug-likeness (QED) is 0.906. The van der Waals surface area contributed by atoms with E-state index < -0.39 is 5.97 Å². The molecule has 1 aromatic rings. The SMILES string of the molecule is CC1CCCN(C(=O)C2CCN(c3cnc(C(=O)O)cn3)CC2)C1. The molecule has 24 heavy (non-hydrogen) atoms. The van der Waals surface area contributed by atoms with Crippen molar-refractivity contribution in [2.75, 3.05) is 31.1 Å². The molecule has 2 saturated heterocycles. The molecule has 0 bridgehead atoms. The van der Waals surface area contributed by atoms with Crippen LogP contribution >= 0.6 is 0 Å². The van der Waals surface area contributed by atoms with Gasteiger partial charge in [-0.1, -0.05) is 6.92 Å². The number of carbonyl (C=O) groups excluding carboxylic acids is 1. The fraction of sp³-hybridized carbons (Fsp3) is 0.647. The Morgan fingerprint density at radius 3 is 2.46 bits per heavy atom. The molecule has 2 fully saturated rings. The van der Waals surface area contributed by atoms with Gasteiger partial charge >= 0.3 is 5.97 Å². The van der Waals surface area contributed by atoms with Crippen LogP contribution in [0.4, 0.5) is 5.82 Å². The lowest BCUT2D eigenvalue weighted by molar-refractivity contribution is -0.137. The number of carboxylic acids is 1. The van der Waals surface area contributed by atoms with Gasteiger partial charge in [-0.05, 0) is 31.6 Å². The van der Waals surface area contributed by atoms with E-state index in [-0.39, 0.29) is 11.6 Å². The number of amides is 1. The molecule has 2 aliphatic heterocycles. The second-order valence-corrected chi connectivity index (χ2v) is 6.86. The molecule has 0 aliphatic carbocycles. The Labute approximate surface area is 141 Å². The number of aromatic carboxylic acids is 1. The largest absolute Gasteiger partial charge is 0.476 e. The molecule has 0 aromatic carbocycles. The van der Waals surface area contributed by atoms with Gasteiger partial charge in [0.2, 0.25) is 5.91 Å². The van der Waals surface area contributed by atoms with Crippen LogP contribution in [0.3, 0.4) is 0 Å².